The maximum Gasteiger partial charge on any atom is 0.225 e. The average molecular weight is 425 g/mol. The summed E-state index contributed by atoms with van der Waals surface area (Å²) in [4.78, 5) is 28.1. The van der Waals surface area contributed by atoms with Gasteiger partial charge in [0.05, 0.1) is 13.0 Å². The zero-order valence-electron chi connectivity index (χ0n) is 17.9. The number of methoxy groups -OCH3 is 1. The summed E-state index contributed by atoms with van der Waals surface area (Å²) < 4.78 is 18.5. The first-order chi connectivity index (χ1) is 15.0. The number of benzene rings is 2. The van der Waals surface area contributed by atoms with Crippen molar-refractivity contribution in [3.63, 3.8) is 0 Å². The first-order valence-corrected chi connectivity index (χ1v) is 11.0. The quantitative estimate of drug-likeness (QED) is 0.766. The molecule has 164 valence electrons. The molecule has 0 spiro atoms. The lowest BCUT2D eigenvalue weighted by atomic mass is 9.88. The lowest BCUT2D eigenvalue weighted by Crippen LogP contribution is -2.36. The van der Waals surface area contributed by atoms with Crippen LogP contribution in [0.1, 0.15) is 42.7 Å². The number of carbonyl (C=O) groups excluding carboxylic acids is 2. The van der Waals surface area contributed by atoms with E-state index in [1.165, 1.54) is 12.1 Å². The largest absolute Gasteiger partial charge is 0.497 e. The van der Waals surface area contributed by atoms with E-state index < -0.39 is 0 Å². The van der Waals surface area contributed by atoms with Gasteiger partial charge in [0.15, 0.2) is 0 Å². The molecule has 1 heterocycles. The van der Waals surface area contributed by atoms with Crippen LogP contribution in [0.2, 0.25) is 0 Å². The van der Waals surface area contributed by atoms with E-state index >= 15 is 0 Å². The monoisotopic (exact) mass is 424 g/mol. The summed E-state index contributed by atoms with van der Waals surface area (Å²) in [5, 5.41) is 2.99. The van der Waals surface area contributed by atoms with Crippen LogP contribution in [0.25, 0.3) is 0 Å². The number of halogens is 1. The summed E-state index contributed by atoms with van der Waals surface area (Å²) in [5.41, 5.74) is 1.84. The van der Waals surface area contributed by atoms with Crippen LogP contribution in [0.15, 0.2) is 48.5 Å². The molecule has 1 N–H and O–H groups in total. The highest BCUT2D eigenvalue weighted by Crippen LogP contribution is 2.37. The van der Waals surface area contributed by atoms with Crippen molar-refractivity contribution in [3.8, 4) is 5.75 Å². The van der Waals surface area contributed by atoms with Crippen molar-refractivity contribution in [1.29, 1.82) is 0 Å². The van der Waals surface area contributed by atoms with Gasteiger partial charge in [-0.15, -0.1) is 0 Å². The van der Waals surface area contributed by atoms with Gasteiger partial charge in [-0.25, -0.2) is 4.39 Å². The first-order valence-electron chi connectivity index (χ1n) is 11.0. The molecule has 2 aliphatic rings. The molecular formula is C25H29FN2O3. The van der Waals surface area contributed by atoms with Gasteiger partial charge in [0.25, 0.3) is 0 Å². The fraction of sp³-hybridized carbons (Fsp3) is 0.440. The molecule has 2 amide bonds. The van der Waals surface area contributed by atoms with Crippen molar-refractivity contribution >= 4 is 11.8 Å². The van der Waals surface area contributed by atoms with Crippen molar-refractivity contribution in [2.75, 3.05) is 20.2 Å². The highest BCUT2D eigenvalue weighted by Gasteiger charge is 2.42. The molecule has 2 fully saturated rings. The number of carbonyl (C=O) groups is 2. The lowest BCUT2D eigenvalue weighted by Gasteiger charge is -2.20. The Hall–Kier alpha value is -2.89. The third-order valence-corrected chi connectivity index (χ3v) is 6.57. The van der Waals surface area contributed by atoms with Crippen LogP contribution in [-0.2, 0) is 16.1 Å². The number of nitrogens with zero attached hydrogens (tertiary/aromatic N) is 1. The van der Waals surface area contributed by atoms with Gasteiger partial charge in [0, 0.05) is 31.5 Å². The predicted molar refractivity (Wildman–Crippen MR) is 116 cm³/mol. The van der Waals surface area contributed by atoms with Crippen LogP contribution in [0.5, 0.6) is 5.75 Å². The first kappa shape index (κ1) is 21.3. The highest BCUT2D eigenvalue weighted by molar-refractivity contribution is 5.84. The molecule has 1 saturated heterocycles. The third-order valence-electron chi connectivity index (χ3n) is 6.57. The van der Waals surface area contributed by atoms with Crippen molar-refractivity contribution in [2.24, 2.45) is 11.8 Å². The summed E-state index contributed by atoms with van der Waals surface area (Å²) in [5.74, 6) is 0.199. The average Bonchev–Trinajstić information content (AvgIpc) is 3.49. The SMILES string of the molecule is COc1cccc([C@H]2CN(C(=O)C3CCCC3)C[C@H]2C(=O)NCc2ccc(F)cc2)c1. The Morgan fingerprint density at radius 1 is 1.10 bits per heavy atom. The van der Waals surface area contributed by atoms with Crippen LogP contribution in [0.4, 0.5) is 4.39 Å². The van der Waals surface area contributed by atoms with Gasteiger partial charge in [-0.1, -0.05) is 37.1 Å². The van der Waals surface area contributed by atoms with E-state index in [0.29, 0.717) is 19.6 Å². The smallest absolute Gasteiger partial charge is 0.225 e. The molecule has 2 atom stereocenters. The van der Waals surface area contributed by atoms with Crippen molar-refractivity contribution in [2.45, 2.75) is 38.1 Å². The van der Waals surface area contributed by atoms with Gasteiger partial charge in [-0.05, 0) is 48.2 Å². The van der Waals surface area contributed by atoms with E-state index in [-0.39, 0.29) is 35.4 Å². The van der Waals surface area contributed by atoms with Crippen LogP contribution >= 0.6 is 0 Å². The molecule has 0 bridgehead atoms. The number of likely N-dealkylation sites (tertiary alicyclic amines) is 1. The summed E-state index contributed by atoms with van der Waals surface area (Å²) >= 11 is 0. The van der Waals surface area contributed by atoms with E-state index in [2.05, 4.69) is 5.32 Å². The second-order valence-corrected chi connectivity index (χ2v) is 8.56. The maximum absolute atomic E-state index is 13.2. The van der Waals surface area contributed by atoms with Gasteiger partial charge in [0.2, 0.25) is 11.8 Å². The molecule has 1 saturated carbocycles. The topological polar surface area (TPSA) is 58.6 Å². The number of rotatable bonds is 6. The lowest BCUT2D eigenvalue weighted by molar-refractivity contribution is -0.134. The molecule has 5 nitrogen and oxygen atoms in total. The second kappa shape index (κ2) is 9.50. The Balaban J connectivity index is 1.51. The summed E-state index contributed by atoms with van der Waals surface area (Å²) in [6, 6.07) is 13.9. The Labute approximate surface area is 182 Å². The molecule has 0 unspecified atom stereocenters. The van der Waals surface area contributed by atoms with Gasteiger partial charge < -0.3 is 15.0 Å². The predicted octanol–water partition coefficient (Wildman–Crippen LogP) is 3.88. The minimum atomic E-state index is -0.335. The minimum absolute atomic E-state index is 0.0844. The van der Waals surface area contributed by atoms with Gasteiger partial charge >= 0.3 is 0 Å². The molecule has 1 aliphatic carbocycles. The van der Waals surface area contributed by atoms with Crippen LogP contribution in [0, 0.1) is 17.7 Å². The van der Waals surface area contributed by atoms with Crippen molar-refractivity contribution in [3.05, 3.63) is 65.5 Å². The summed E-state index contributed by atoms with van der Waals surface area (Å²) in [6.45, 7) is 1.29. The number of amides is 2. The summed E-state index contributed by atoms with van der Waals surface area (Å²) in [6.07, 6.45) is 4.09. The standard InChI is InChI=1S/C25H29FN2O3/c1-31-21-8-4-7-19(13-21)22-15-28(25(30)18-5-2-3-6-18)16-23(22)24(29)27-14-17-9-11-20(26)12-10-17/h4,7-13,18,22-23H,2-3,5-6,14-16H2,1H3,(H,27,29)/t22-,23-/m1/s1. The maximum atomic E-state index is 13.2. The van der Waals surface area contributed by atoms with Crippen molar-refractivity contribution in [1.82, 2.24) is 10.2 Å². The number of nitrogens with one attached hydrogen (secondary N) is 1. The molecular weight excluding hydrogens is 395 g/mol. The van der Waals surface area contributed by atoms with E-state index in [0.717, 1.165) is 42.6 Å². The Morgan fingerprint density at radius 2 is 1.84 bits per heavy atom. The number of hydrogen-bond donors (Lipinski definition) is 1. The van der Waals surface area contributed by atoms with Crippen molar-refractivity contribution < 1.29 is 18.7 Å². The molecule has 6 heteroatoms. The molecule has 0 aromatic heterocycles. The van der Waals surface area contributed by atoms with Crippen LogP contribution in [-0.4, -0.2) is 36.9 Å². The third kappa shape index (κ3) is 4.89. The molecule has 1 aliphatic heterocycles. The van der Waals surface area contributed by atoms with Crippen LogP contribution in [0.3, 0.4) is 0 Å². The number of hydrogen-bond acceptors (Lipinski definition) is 3. The Morgan fingerprint density at radius 3 is 2.55 bits per heavy atom. The molecule has 0 radical (unpaired) electrons. The molecule has 2 aromatic carbocycles. The molecule has 2 aromatic rings. The zero-order valence-corrected chi connectivity index (χ0v) is 17.9. The molecule has 4 rings (SSSR count). The van der Waals surface area contributed by atoms with E-state index in [4.69, 9.17) is 4.74 Å². The Kier molecular flexibility index (Phi) is 6.54. The van der Waals surface area contributed by atoms with E-state index in [1.807, 2.05) is 29.2 Å². The normalized spacial score (nSPS) is 21.3. The van der Waals surface area contributed by atoms with E-state index in [1.54, 1.807) is 19.2 Å². The fourth-order valence-corrected chi connectivity index (χ4v) is 4.81. The Bertz CT molecular complexity index is 925. The fourth-order valence-electron chi connectivity index (χ4n) is 4.81. The van der Waals surface area contributed by atoms with Gasteiger partial charge in [-0.3, -0.25) is 9.59 Å². The molecule has 31 heavy (non-hydrogen) atoms. The number of ether oxygens (including phenoxy) is 1. The van der Waals surface area contributed by atoms with Gasteiger partial charge in [-0.2, -0.15) is 0 Å². The van der Waals surface area contributed by atoms with Gasteiger partial charge in [0.1, 0.15) is 11.6 Å². The zero-order chi connectivity index (χ0) is 21.8. The highest BCUT2D eigenvalue weighted by atomic mass is 19.1. The minimum Gasteiger partial charge on any atom is -0.497 e. The van der Waals surface area contributed by atoms with Crippen LogP contribution < -0.4 is 10.1 Å². The van der Waals surface area contributed by atoms with E-state index in [9.17, 15) is 14.0 Å². The summed E-state index contributed by atoms with van der Waals surface area (Å²) in [7, 11) is 1.62. The second-order valence-electron chi connectivity index (χ2n) is 8.56.